The molecule has 1 heterocycles. The third-order valence-corrected chi connectivity index (χ3v) is 5.87. The van der Waals surface area contributed by atoms with Crippen molar-refractivity contribution in [2.24, 2.45) is 0 Å². The van der Waals surface area contributed by atoms with E-state index >= 15 is 0 Å². The summed E-state index contributed by atoms with van der Waals surface area (Å²) in [5.41, 5.74) is 0.996. The maximum absolute atomic E-state index is 14.2. The number of thiophene rings is 1. The van der Waals surface area contributed by atoms with Gasteiger partial charge in [0.15, 0.2) is 0 Å². The first-order chi connectivity index (χ1) is 14.2. The van der Waals surface area contributed by atoms with E-state index in [-0.39, 0.29) is 12.0 Å². The van der Waals surface area contributed by atoms with Gasteiger partial charge in [-0.3, -0.25) is 0 Å². The van der Waals surface area contributed by atoms with Crippen LogP contribution in [0.15, 0.2) is 66.7 Å². The largest absolute Gasteiger partial charge is 0.478 e. The van der Waals surface area contributed by atoms with Gasteiger partial charge in [0, 0.05) is 21.6 Å². The minimum atomic E-state index is -4.42. The number of benzene rings is 3. The molecule has 0 aliphatic rings. The second kappa shape index (κ2) is 7.57. The predicted molar refractivity (Wildman–Crippen MR) is 108 cm³/mol. The molecule has 0 amide bonds. The zero-order valence-electron chi connectivity index (χ0n) is 15.3. The first-order valence-electron chi connectivity index (χ1n) is 8.92. The molecule has 0 aliphatic carbocycles. The number of alkyl halides is 3. The van der Waals surface area contributed by atoms with Crippen molar-refractivity contribution in [3.05, 3.63) is 94.1 Å². The lowest BCUT2D eigenvalue weighted by Crippen LogP contribution is -2.05. The van der Waals surface area contributed by atoms with E-state index < -0.39 is 23.5 Å². The van der Waals surface area contributed by atoms with Crippen LogP contribution in [-0.4, -0.2) is 11.1 Å². The highest BCUT2D eigenvalue weighted by atomic mass is 32.1. The Morgan fingerprint density at radius 1 is 0.967 bits per heavy atom. The van der Waals surface area contributed by atoms with Crippen LogP contribution in [0.5, 0.6) is 0 Å². The summed E-state index contributed by atoms with van der Waals surface area (Å²) in [6, 6.07) is 15.8. The van der Waals surface area contributed by atoms with Crippen LogP contribution in [-0.2, 0) is 12.6 Å². The van der Waals surface area contributed by atoms with Crippen LogP contribution in [0.3, 0.4) is 0 Å². The smallest absolute Gasteiger partial charge is 0.416 e. The molecule has 1 aromatic heterocycles. The topological polar surface area (TPSA) is 37.3 Å². The number of hydrogen-bond donors (Lipinski definition) is 1. The second-order valence-electron chi connectivity index (χ2n) is 6.85. The summed E-state index contributed by atoms with van der Waals surface area (Å²) in [4.78, 5) is 12.1. The van der Waals surface area contributed by atoms with Crippen molar-refractivity contribution in [2.75, 3.05) is 0 Å². The zero-order chi connectivity index (χ0) is 21.5. The van der Waals surface area contributed by atoms with Crippen molar-refractivity contribution in [3.8, 4) is 11.1 Å². The molecule has 2 nitrogen and oxygen atoms in total. The highest BCUT2D eigenvalue weighted by Gasteiger charge is 2.30. The molecule has 4 aromatic rings. The fourth-order valence-corrected chi connectivity index (χ4v) is 4.56. The van der Waals surface area contributed by atoms with E-state index in [4.69, 9.17) is 0 Å². The van der Waals surface area contributed by atoms with E-state index in [2.05, 4.69) is 0 Å². The fraction of sp³-hybridized carbons (Fsp3) is 0.0870. The molecule has 0 bridgehead atoms. The number of hydrogen-bond acceptors (Lipinski definition) is 2. The molecule has 7 heteroatoms. The first-order valence-corrected chi connectivity index (χ1v) is 9.74. The van der Waals surface area contributed by atoms with Crippen LogP contribution in [0.25, 0.3) is 21.2 Å². The van der Waals surface area contributed by atoms with Crippen molar-refractivity contribution < 1.29 is 27.5 Å². The van der Waals surface area contributed by atoms with Gasteiger partial charge in [0.2, 0.25) is 0 Å². The summed E-state index contributed by atoms with van der Waals surface area (Å²) in [6.07, 6.45) is -4.14. The second-order valence-corrected chi connectivity index (χ2v) is 7.98. The van der Waals surface area contributed by atoms with Gasteiger partial charge >= 0.3 is 12.1 Å². The lowest BCUT2D eigenvalue weighted by atomic mass is 10.0. The summed E-state index contributed by atoms with van der Waals surface area (Å²) >= 11 is 1.35. The average Bonchev–Trinajstić information content (AvgIpc) is 3.09. The van der Waals surface area contributed by atoms with E-state index in [0.29, 0.717) is 22.1 Å². The Morgan fingerprint density at radius 2 is 1.73 bits per heavy atom. The zero-order valence-corrected chi connectivity index (χ0v) is 16.2. The highest BCUT2D eigenvalue weighted by molar-refractivity contribution is 7.19. The molecule has 0 spiro atoms. The molecule has 0 fully saturated rings. The number of carboxylic acid groups (broad SMARTS) is 1. The SMILES string of the molecule is O=C(O)c1cccc(-c2cc(F)cc3cc(Cc4cccc(C(F)(F)F)c4)sc23)c1. The van der Waals surface area contributed by atoms with Gasteiger partial charge < -0.3 is 5.11 Å². The van der Waals surface area contributed by atoms with Gasteiger partial charge in [0.25, 0.3) is 0 Å². The molecule has 0 atom stereocenters. The van der Waals surface area contributed by atoms with Crippen molar-refractivity contribution in [1.82, 2.24) is 0 Å². The Bertz CT molecular complexity index is 1260. The van der Waals surface area contributed by atoms with Gasteiger partial charge in [-0.25, -0.2) is 9.18 Å². The fourth-order valence-electron chi connectivity index (χ4n) is 3.35. The molecule has 0 saturated carbocycles. The van der Waals surface area contributed by atoms with Crippen molar-refractivity contribution >= 4 is 27.4 Å². The quantitative estimate of drug-likeness (QED) is 0.354. The molecule has 152 valence electrons. The molecule has 0 saturated heterocycles. The van der Waals surface area contributed by atoms with E-state index in [1.807, 2.05) is 0 Å². The summed E-state index contributed by atoms with van der Waals surface area (Å²) in [6.45, 7) is 0. The summed E-state index contributed by atoms with van der Waals surface area (Å²) < 4.78 is 53.9. The predicted octanol–water partition coefficient (Wildman–Crippen LogP) is 7.02. The monoisotopic (exact) mass is 430 g/mol. The van der Waals surface area contributed by atoms with Gasteiger partial charge in [-0.15, -0.1) is 11.3 Å². The maximum Gasteiger partial charge on any atom is 0.416 e. The molecule has 30 heavy (non-hydrogen) atoms. The van der Waals surface area contributed by atoms with Gasteiger partial charge in [-0.2, -0.15) is 13.2 Å². The van der Waals surface area contributed by atoms with Crippen LogP contribution in [0.1, 0.15) is 26.4 Å². The van der Waals surface area contributed by atoms with Gasteiger partial charge in [-0.05, 0) is 52.9 Å². The Kier molecular flexibility index (Phi) is 5.07. The lowest BCUT2D eigenvalue weighted by Gasteiger charge is -2.08. The molecule has 0 unspecified atom stereocenters. The van der Waals surface area contributed by atoms with Crippen LogP contribution in [0.4, 0.5) is 17.6 Å². The Labute approximate surface area is 173 Å². The minimum Gasteiger partial charge on any atom is -0.478 e. The molecule has 0 aliphatic heterocycles. The molecule has 4 rings (SSSR count). The van der Waals surface area contributed by atoms with E-state index in [9.17, 15) is 27.5 Å². The normalized spacial score (nSPS) is 11.7. The highest BCUT2D eigenvalue weighted by Crippen LogP contribution is 2.37. The number of carbonyl (C=O) groups is 1. The van der Waals surface area contributed by atoms with Gasteiger partial charge in [0.1, 0.15) is 5.82 Å². The maximum atomic E-state index is 14.2. The molecule has 1 N–H and O–H groups in total. The molecular weight excluding hydrogens is 416 g/mol. The van der Waals surface area contributed by atoms with Crippen LogP contribution >= 0.6 is 11.3 Å². The first kappa shape index (κ1) is 20.1. The van der Waals surface area contributed by atoms with Crippen LogP contribution < -0.4 is 0 Å². The van der Waals surface area contributed by atoms with Gasteiger partial charge in [0.05, 0.1) is 11.1 Å². The summed E-state index contributed by atoms with van der Waals surface area (Å²) in [7, 11) is 0. The minimum absolute atomic E-state index is 0.0886. The average molecular weight is 430 g/mol. The van der Waals surface area contributed by atoms with Crippen LogP contribution in [0.2, 0.25) is 0 Å². The number of rotatable bonds is 4. The molecule has 3 aromatic carbocycles. The third-order valence-electron chi connectivity index (χ3n) is 4.69. The summed E-state index contributed by atoms with van der Waals surface area (Å²) in [5.74, 6) is -1.55. The number of fused-ring (bicyclic) bond motifs is 1. The standard InChI is InChI=1S/C23H14F4O2S/c24-18-10-16-11-19(8-13-3-1-6-17(7-13)23(25,26)27)30-21(16)20(12-18)14-4-2-5-15(9-14)22(28)29/h1-7,9-12H,8H2,(H,28,29). The van der Waals surface area contributed by atoms with Gasteiger partial charge in [-0.1, -0.05) is 30.3 Å². The third kappa shape index (κ3) is 4.07. The molecule has 0 radical (unpaired) electrons. The number of aromatic carboxylic acids is 1. The number of carboxylic acids is 1. The van der Waals surface area contributed by atoms with E-state index in [1.54, 1.807) is 24.3 Å². The van der Waals surface area contributed by atoms with Crippen LogP contribution in [0, 0.1) is 5.82 Å². The van der Waals surface area contributed by atoms with Crippen molar-refractivity contribution in [3.63, 3.8) is 0 Å². The molecular formula is C23H14F4O2S. The Morgan fingerprint density at radius 3 is 2.47 bits per heavy atom. The number of halogens is 4. The van der Waals surface area contributed by atoms with Crippen molar-refractivity contribution in [2.45, 2.75) is 12.6 Å². The lowest BCUT2D eigenvalue weighted by molar-refractivity contribution is -0.137. The Hall–Kier alpha value is -3.19. The van der Waals surface area contributed by atoms with E-state index in [0.717, 1.165) is 21.7 Å². The van der Waals surface area contributed by atoms with Crippen molar-refractivity contribution in [1.29, 1.82) is 0 Å². The Balaban J connectivity index is 1.76. The van der Waals surface area contributed by atoms with E-state index in [1.165, 1.54) is 41.7 Å². The summed E-state index contributed by atoms with van der Waals surface area (Å²) in [5, 5.41) is 9.84.